The Morgan fingerprint density at radius 2 is 1.28 bits per heavy atom. The number of rotatable bonds is 9. The molecule has 0 bridgehead atoms. The lowest BCUT2D eigenvalue weighted by Crippen LogP contribution is -2.51. The van der Waals surface area contributed by atoms with Gasteiger partial charge in [-0.15, -0.1) is 0 Å². The molecule has 0 spiro atoms. The number of nitrogens with zero attached hydrogens (tertiary/aromatic N) is 4. The predicted octanol–water partition coefficient (Wildman–Crippen LogP) is 5.41. The van der Waals surface area contributed by atoms with Crippen LogP contribution in [0.15, 0.2) is 12.3 Å². The number of piperazine rings is 1. The van der Waals surface area contributed by atoms with Gasteiger partial charge in [0.1, 0.15) is 0 Å². The number of hydrogen-bond acceptors (Lipinski definition) is 4. The zero-order valence-corrected chi connectivity index (χ0v) is 22.6. The van der Waals surface area contributed by atoms with Crippen molar-refractivity contribution in [1.29, 1.82) is 0 Å². The second-order valence-electron chi connectivity index (χ2n) is 10.5. The predicted molar refractivity (Wildman–Crippen MR) is 141 cm³/mol. The SMILES string of the molecule is C=C(C1CCN(CCN2CCN(C(C)CC)CC2)CC1)N1CCC(C(C)CC)CC1.CC. The van der Waals surface area contributed by atoms with Crippen LogP contribution in [-0.2, 0) is 0 Å². The molecule has 2 atom stereocenters. The minimum Gasteiger partial charge on any atom is -0.375 e. The van der Waals surface area contributed by atoms with Crippen molar-refractivity contribution < 1.29 is 0 Å². The fourth-order valence-corrected chi connectivity index (χ4v) is 5.81. The van der Waals surface area contributed by atoms with Crippen molar-refractivity contribution in [3.8, 4) is 0 Å². The van der Waals surface area contributed by atoms with Crippen LogP contribution in [0.2, 0.25) is 0 Å². The average Bonchev–Trinajstić information content (AvgIpc) is 2.88. The van der Waals surface area contributed by atoms with E-state index in [1.165, 1.54) is 110 Å². The Morgan fingerprint density at radius 3 is 1.78 bits per heavy atom. The van der Waals surface area contributed by atoms with Gasteiger partial charge in [0.2, 0.25) is 0 Å². The van der Waals surface area contributed by atoms with Crippen molar-refractivity contribution >= 4 is 0 Å². The monoisotopic (exact) mass is 448 g/mol. The van der Waals surface area contributed by atoms with E-state index in [2.05, 4.69) is 53.9 Å². The topological polar surface area (TPSA) is 13.0 Å². The number of allylic oxidation sites excluding steroid dienone is 1. The van der Waals surface area contributed by atoms with E-state index in [9.17, 15) is 0 Å². The molecule has 4 heteroatoms. The summed E-state index contributed by atoms with van der Waals surface area (Å²) in [6.07, 6.45) is 7.97. The Hall–Kier alpha value is -0.580. The molecular formula is C28H56N4. The van der Waals surface area contributed by atoms with Crippen molar-refractivity contribution in [2.45, 2.75) is 86.1 Å². The number of likely N-dealkylation sites (tertiary alicyclic amines) is 2. The number of piperidine rings is 2. The Kier molecular flexibility index (Phi) is 12.6. The van der Waals surface area contributed by atoms with Crippen molar-refractivity contribution in [2.75, 3.05) is 65.4 Å². The highest BCUT2D eigenvalue weighted by atomic mass is 15.3. The highest BCUT2D eigenvalue weighted by Gasteiger charge is 2.28. The first kappa shape index (κ1) is 27.7. The van der Waals surface area contributed by atoms with Gasteiger partial charge in [0, 0.05) is 70.0 Å². The first-order valence-electron chi connectivity index (χ1n) is 14.1. The molecule has 0 aromatic heterocycles. The second kappa shape index (κ2) is 14.6. The first-order valence-corrected chi connectivity index (χ1v) is 14.1. The molecule has 3 saturated heterocycles. The molecule has 3 aliphatic rings. The van der Waals surface area contributed by atoms with Gasteiger partial charge in [-0.2, -0.15) is 0 Å². The maximum absolute atomic E-state index is 4.56. The van der Waals surface area contributed by atoms with Crippen LogP contribution < -0.4 is 0 Å². The summed E-state index contributed by atoms with van der Waals surface area (Å²) < 4.78 is 0. The lowest BCUT2D eigenvalue weighted by Gasteiger charge is -2.42. The van der Waals surface area contributed by atoms with Gasteiger partial charge in [-0.05, 0) is 64.0 Å². The van der Waals surface area contributed by atoms with Gasteiger partial charge in [-0.1, -0.05) is 47.6 Å². The van der Waals surface area contributed by atoms with Crippen LogP contribution >= 0.6 is 0 Å². The molecular weight excluding hydrogens is 392 g/mol. The van der Waals surface area contributed by atoms with E-state index < -0.39 is 0 Å². The third-order valence-corrected chi connectivity index (χ3v) is 8.81. The van der Waals surface area contributed by atoms with Crippen LogP contribution in [0.4, 0.5) is 0 Å². The van der Waals surface area contributed by atoms with Crippen LogP contribution in [0.1, 0.15) is 80.1 Å². The van der Waals surface area contributed by atoms with E-state index >= 15 is 0 Å². The van der Waals surface area contributed by atoms with Crippen LogP contribution in [0, 0.1) is 17.8 Å². The summed E-state index contributed by atoms with van der Waals surface area (Å²) in [5, 5.41) is 0. The van der Waals surface area contributed by atoms with Gasteiger partial charge in [0.05, 0.1) is 0 Å². The van der Waals surface area contributed by atoms with Gasteiger partial charge < -0.3 is 9.80 Å². The van der Waals surface area contributed by atoms with Crippen molar-refractivity contribution in [1.82, 2.24) is 19.6 Å². The zero-order valence-electron chi connectivity index (χ0n) is 22.6. The summed E-state index contributed by atoms with van der Waals surface area (Å²) in [6, 6.07) is 0.750. The molecule has 3 fully saturated rings. The average molecular weight is 449 g/mol. The Balaban J connectivity index is 0.00000176. The molecule has 0 aromatic rings. The molecule has 3 heterocycles. The molecule has 188 valence electrons. The van der Waals surface area contributed by atoms with Crippen LogP contribution in [0.5, 0.6) is 0 Å². The molecule has 3 aliphatic heterocycles. The van der Waals surface area contributed by atoms with Gasteiger partial charge in [0.25, 0.3) is 0 Å². The van der Waals surface area contributed by atoms with Gasteiger partial charge in [-0.3, -0.25) is 9.80 Å². The number of hydrogen-bond donors (Lipinski definition) is 0. The van der Waals surface area contributed by atoms with Gasteiger partial charge in [0.15, 0.2) is 0 Å². The van der Waals surface area contributed by atoms with Crippen LogP contribution in [0.25, 0.3) is 0 Å². The summed E-state index contributed by atoms with van der Waals surface area (Å²) in [4.78, 5) is 10.7. The third-order valence-electron chi connectivity index (χ3n) is 8.81. The summed E-state index contributed by atoms with van der Waals surface area (Å²) in [6.45, 7) is 30.6. The van der Waals surface area contributed by atoms with Crippen molar-refractivity contribution in [3.63, 3.8) is 0 Å². The molecule has 0 aromatic carbocycles. The molecule has 0 amide bonds. The largest absolute Gasteiger partial charge is 0.375 e. The standard InChI is InChI=1S/C26H50N4.C2H6/c1-6-22(3)25-10-14-30(15-11-25)24(5)26-8-12-27(13-9-26)16-17-28-18-20-29(21-19-28)23(4)7-2;1-2/h22-23,25-26H,5-21H2,1-4H3;1-2H3. The van der Waals surface area contributed by atoms with E-state index in [1.807, 2.05) is 13.8 Å². The summed E-state index contributed by atoms with van der Waals surface area (Å²) in [5.41, 5.74) is 1.46. The van der Waals surface area contributed by atoms with E-state index in [4.69, 9.17) is 0 Å². The van der Waals surface area contributed by atoms with Crippen LogP contribution in [-0.4, -0.2) is 91.1 Å². The van der Waals surface area contributed by atoms with E-state index in [-0.39, 0.29) is 0 Å². The smallest absolute Gasteiger partial charge is 0.0177 e. The second-order valence-corrected chi connectivity index (χ2v) is 10.5. The summed E-state index contributed by atoms with van der Waals surface area (Å²) in [5.74, 6) is 2.55. The Bertz CT molecular complexity index is 498. The van der Waals surface area contributed by atoms with Crippen molar-refractivity contribution in [2.24, 2.45) is 17.8 Å². The minimum atomic E-state index is 0.723. The fourth-order valence-electron chi connectivity index (χ4n) is 5.81. The minimum absolute atomic E-state index is 0.723. The van der Waals surface area contributed by atoms with E-state index in [0.29, 0.717) is 0 Å². The summed E-state index contributed by atoms with van der Waals surface area (Å²) in [7, 11) is 0. The molecule has 0 saturated carbocycles. The van der Waals surface area contributed by atoms with E-state index in [1.54, 1.807) is 0 Å². The Morgan fingerprint density at radius 1 is 0.750 bits per heavy atom. The normalized spacial score (nSPS) is 24.6. The molecule has 4 nitrogen and oxygen atoms in total. The molecule has 0 aliphatic carbocycles. The third kappa shape index (κ3) is 8.02. The molecule has 3 rings (SSSR count). The zero-order chi connectivity index (χ0) is 23.5. The highest BCUT2D eigenvalue weighted by Crippen LogP contribution is 2.32. The van der Waals surface area contributed by atoms with Gasteiger partial charge >= 0.3 is 0 Å². The maximum atomic E-state index is 4.56. The fraction of sp³-hybridized carbons (Fsp3) is 0.929. The maximum Gasteiger partial charge on any atom is 0.0177 e. The van der Waals surface area contributed by atoms with Crippen molar-refractivity contribution in [3.05, 3.63) is 12.3 Å². The highest BCUT2D eigenvalue weighted by molar-refractivity contribution is 5.03. The van der Waals surface area contributed by atoms with Crippen LogP contribution in [0.3, 0.4) is 0 Å². The lowest BCUT2D eigenvalue weighted by atomic mass is 9.83. The lowest BCUT2D eigenvalue weighted by molar-refractivity contribution is 0.0852. The quantitative estimate of drug-likeness (QED) is 0.467. The molecule has 0 radical (unpaired) electrons. The van der Waals surface area contributed by atoms with Gasteiger partial charge in [-0.25, -0.2) is 0 Å². The van der Waals surface area contributed by atoms with E-state index in [0.717, 1.165) is 23.8 Å². The molecule has 2 unspecified atom stereocenters. The molecule has 0 N–H and O–H groups in total. The first-order chi connectivity index (χ1) is 15.5. The molecule has 32 heavy (non-hydrogen) atoms. The summed E-state index contributed by atoms with van der Waals surface area (Å²) >= 11 is 0. The Labute approximate surface area is 201 Å².